The molecule has 0 unspecified atom stereocenters. The Morgan fingerprint density at radius 1 is 1.50 bits per heavy atom. The minimum absolute atomic E-state index is 0.221. The fraction of sp³-hybridized carbons (Fsp3) is 0.250. The largest absolute Gasteiger partial charge is 0.393 e. The molecule has 0 fully saturated rings. The van der Waals surface area contributed by atoms with Gasteiger partial charge in [0.2, 0.25) is 0 Å². The lowest BCUT2D eigenvalue weighted by atomic mass is 10.3. The molecular weight excluding hydrogens is 200 g/mol. The van der Waals surface area contributed by atoms with Gasteiger partial charge in [0.1, 0.15) is 6.33 Å². The molecule has 0 aliphatic carbocycles. The molecule has 6 heteroatoms. The molecule has 0 bridgehead atoms. The summed E-state index contributed by atoms with van der Waals surface area (Å²) in [4.78, 5) is 19.2. The van der Waals surface area contributed by atoms with Gasteiger partial charge in [-0.25, -0.2) is 9.97 Å². The molecule has 0 aliphatic heterocycles. The lowest BCUT2D eigenvalue weighted by Crippen LogP contribution is -2.27. The van der Waals surface area contributed by atoms with Crippen LogP contribution in [0.5, 0.6) is 0 Å². The minimum Gasteiger partial charge on any atom is -0.393 e. The van der Waals surface area contributed by atoms with Gasteiger partial charge in [0, 0.05) is 25.4 Å². The van der Waals surface area contributed by atoms with Gasteiger partial charge in [0.15, 0.2) is 0 Å². The molecule has 0 saturated heterocycles. The quantitative estimate of drug-likeness (QED) is 0.677. The van der Waals surface area contributed by atoms with Crippen molar-refractivity contribution in [1.82, 2.24) is 15.3 Å². The molecule has 14 heavy (non-hydrogen) atoms. The first-order valence-electron chi connectivity index (χ1n) is 4.01. The molecule has 3 N–H and O–H groups in total. The lowest BCUT2D eigenvalue weighted by Gasteiger charge is -2.02. The molecule has 0 aromatic carbocycles. The zero-order valence-electron chi connectivity index (χ0n) is 7.43. The number of nitrogens with zero attached hydrogens (tertiary/aromatic N) is 2. The van der Waals surface area contributed by atoms with Crippen LogP contribution in [0.15, 0.2) is 18.7 Å². The van der Waals surface area contributed by atoms with Crippen LogP contribution in [0.4, 0.5) is 0 Å². The van der Waals surface area contributed by atoms with E-state index in [1.54, 1.807) is 0 Å². The van der Waals surface area contributed by atoms with Crippen molar-refractivity contribution in [2.75, 3.05) is 6.54 Å². The van der Waals surface area contributed by atoms with Crippen molar-refractivity contribution in [1.29, 1.82) is 0 Å². The van der Waals surface area contributed by atoms with Crippen LogP contribution in [-0.4, -0.2) is 27.4 Å². The first-order valence-corrected chi connectivity index (χ1v) is 4.42. The summed E-state index contributed by atoms with van der Waals surface area (Å²) >= 11 is 4.67. The maximum atomic E-state index is 11.4. The minimum atomic E-state index is -0.221. The Bertz CT molecular complexity index is 327. The number of hydrogen-bond acceptors (Lipinski definition) is 4. The summed E-state index contributed by atoms with van der Waals surface area (Å²) in [7, 11) is 0. The second-order valence-corrected chi connectivity index (χ2v) is 3.12. The van der Waals surface area contributed by atoms with Crippen molar-refractivity contribution in [3.05, 3.63) is 24.3 Å². The fourth-order valence-corrected chi connectivity index (χ4v) is 0.920. The van der Waals surface area contributed by atoms with E-state index < -0.39 is 0 Å². The number of rotatable bonds is 4. The van der Waals surface area contributed by atoms with E-state index in [2.05, 4.69) is 27.5 Å². The number of nitrogens with one attached hydrogen (secondary N) is 1. The molecule has 0 aliphatic rings. The van der Waals surface area contributed by atoms with Gasteiger partial charge in [-0.3, -0.25) is 4.79 Å². The van der Waals surface area contributed by atoms with Crippen LogP contribution in [0.3, 0.4) is 0 Å². The number of hydrogen-bond donors (Lipinski definition) is 2. The Morgan fingerprint density at radius 2 is 2.14 bits per heavy atom. The molecule has 1 heterocycles. The van der Waals surface area contributed by atoms with Gasteiger partial charge in [0.25, 0.3) is 5.91 Å². The van der Waals surface area contributed by atoms with Gasteiger partial charge >= 0.3 is 0 Å². The molecule has 74 valence electrons. The predicted molar refractivity (Wildman–Crippen MR) is 55.8 cm³/mol. The van der Waals surface area contributed by atoms with Gasteiger partial charge in [-0.15, -0.1) is 0 Å². The third-order valence-corrected chi connectivity index (χ3v) is 1.68. The van der Waals surface area contributed by atoms with Gasteiger partial charge in [0.05, 0.1) is 10.6 Å². The van der Waals surface area contributed by atoms with Crippen molar-refractivity contribution < 1.29 is 4.79 Å². The second kappa shape index (κ2) is 5.23. The van der Waals surface area contributed by atoms with E-state index in [0.717, 1.165) is 0 Å². The Morgan fingerprint density at radius 3 is 2.71 bits per heavy atom. The highest BCUT2D eigenvalue weighted by atomic mass is 32.1. The zero-order chi connectivity index (χ0) is 10.4. The number of carbonyl (C=O) groups is 1. The Labute approximate surface area is 86.7 Å². The first kappa shape index (κ1) is 10.5. The second-order valence-electron chi connectivity index (χ2n) is 2.60. The van der Waals surface area contributed by atoms with Gasteiger partial charge < -0.3 is 11.1 Å². The average molecular weight is 210 g/mol. The average Bonchev–Trinajstić information content (AvgIpc) is 2.18. The summed E-state index contributed by atoms with van der Waals surface area (Å²) in [5, 5.41) is 2.64. The summed E-state index contributed by atoms with van der Waals surface area (Å²) in [6.07, 6.45) is 4.76. The third kappa shape index (κ3) is 3.44. The molecular formula is C8H10N4OS. The molecule has 1 aromatic rings. The predicted octanol–water partition coefficient (Wildman–Crippen LogP) is -0.117. The summed E-state index contributed by atoms with van der Waals surface area (Å²) in [6.45, 7) is 0.434. The van der Waals surface area contributed by atoms with E-state index in [0.29, 0.717) is 23.5 Å². The van der Waals surface area contributed by atoms with E-state index in [4.69, 9.17) is 5.73 Å². The summed E-state index contributed by atoms with van der Waals surface area (Å²) < 4.78 is 0. The Kier molecular flexibility index (Phi) is 3.93. The number of carbonyl (C=O) groups excluding carboxylic acids is 1. The molecule has 0 spiro atoms. The third-order valence-electron chi connectivity index (χ3n) is 1.48. The SMILES string of the molecule is NC(=S)CCNC(=O)c1cncnc1. The molecule has 0 radical (unpaired) electrons. The number of aromatic nitrogens is 2. The highest BCUT2D eigenvalue weighted by Crippen LogP contribution is 1.92. The Balaban J connectivity index is 2.40. The normalized spacial score (nSPS) is 9.43. The maximum Gasteiger partial charge on any atom is 0.254 e. The molecule has 1 aromatic heterocycles. The van der Waals surface area contributed by atoms with E-state index in [1.165, 1.54) is 18.7 Å². The van der Waals surface area contributed by atoms with Crippen LogP contribution in [0.2, 0.25) is 0 Å². The summed E-state index contributed by atoms with van der Waals surface area (Å²) in [5.74, 6) is -0.221. The van der Waals surface area contributed by atoms with Crippen LogP contribution < -0.4 is 11.1 Å². The van der Waals surface area contributed by atoms with E-state index in [1.807, 2.05) is 0 Å². The van der Waals surface area contributed by atoms with Crippen LogP contribution in [-0.2, 0) is 0 Å². The first-order chi connectivity index (χ1) is 6.70. The number of thiocarbonyl (C=S) groups is 1. The van der Waals surface area contributed by atoms with Crippen LogP contribution in [0, 0.1) is 0 Å². The van der Waals surface area contributed by atoms with E-state index >= 15 is 0 Å². The highest BCUT2D eigenvalue weighted by molar-refractivity contribution is 7.80. The maximum absolute atomic E-state index is 11.4. The van der Waals surface area contributed by atoms with Crippen molar-refractivity contribution in [2.45, 2.75) is 6.42 Å². The van der Waals surface area contributed by atoms with Gasteiger partial charge in [-0.05, 0) is 0 Å². The highest BCUT2D eigenvalue weighted by Gasteiger charge is 2.04. The van der Waals surface area contributed by atoms with Gasteiger partial charge in [-0.2, -0.15) is 0 Å². The van der Waals surface area contributed by atoms with Crippen LogP contribution in [0.25, 0.3) is 0 Å². The topological polar surface area (TPSA) is 80.9 Å². The standard InChI is InChI=1S/C8H10N4OS/c9-7(14)1-2-12-8(13)6-3-10-5-11-4-6/h3-5H,1-2H2,(H2,9,14)(H,12,13). The van der Waals surface area contributed by atoms with Crippen LogP contribution in [0.1, 0.15) is 16.8 Å². The zero-order valence-corrected chi connectivity index (χ0v) is 8.25. The van der Waals surface area contributed by atoms with Crippen molar-refractivity contribution >= 4 is 23.1 Å². The monoisotopic (exact) mass is 210 g/mol. The van der Waals surface area contributed by atoms with Crippen molar-refractivity contribution in [2.24, 2.45) is 5.73 Å². The molecule has 1 rings (SSSR count). The van der Waals surface area contributed by atoms with E-state index in [-0.39, 0.29) is 5.91 Å². The summed E-state index contributed by atoms with van der Waals surface area (Å²) in [5.41, 5.74) is 5.70. The van der Waals surface area contributed by atoms with Crippen molar-refractivity contribution in [3.63, 3.8) is 0 Å². The molecule has 0 saturated carbocycles. The Hall–Kier alpha value is -1.56. The van der Waals surface area contributed by atoms with E-state index in [9.17, 15) is 4.79 Å². The molecule has 5 nitrogen and oxygen atoms in total. The smallest absolute Gasteiger partial charge is 0.254 e. The van der Waals surface area contributed by atoms with Crippen molar-refractivity contribution in [3.8, 4) is 0 Å². The van der Waals surface area contributed by atoms with Crippen LogP contribution >= 0.6 is 12.2 Å². The number of amides is 1. The lowest BCUT2D eigenvalue weighted by molar-refractivity contribution is 0.0954. The molecule has 1 amide bonds. The molecule has 0 atom stereocenters. The fourth-order valence-electron chi connectivity index (χ4n) is 0.818. The number of nitrogens with two attached hydrogens (primary N) is 1. The van der Waals surface area contributed by atoms with Gasteiger partial charge in [-0.1, -0.05) is 12.2 Å². The summed E-state index contributed by atoms with van der Waals surface area (Å²) in [6, 6.07) is 0.